The number of benzene rings is 1. The van der Waals surface area contributed by atoms with Crippen LogP contribution in [0.4, 0.5) is 4.39 Å². The molecule has 0 amide bonds. The number of carbonyl (C=O) groups excluding carboxylic acids is 1. The Hall–Kier alpha value is -0.900. The summed E-state index contributed by atoms with van der Waals surface area (Å²) >= 11 is 3.40. The minimum Gasteiger partial charge on any atom is -0.465 e. The predicted molar refractivity (Wildman–Crippen MR) is 71.4 cm³/mol. The fourth-order valence-electron chi connectivity index (χ4n) is 2.50. The van der Waals surface area contributed by atoms with Gasteiger partial charge in [0.15, 0.2) is 0 Å². The molecule has 18 heavy (non-hydrogen) atoms. The van der Waals surface area contributed by atoms with E-state index in [9.17, 15) is 9.18 Å². The van der Waals surface area contributed by atoms with Gasteiger partial charge in [-0.25, -0.2) is 4.39 Å². The fraction of sp³-hybridized carbons (Fsp3) is 0.500. The first-order valence-electron chi connectivity index (χ1n) is 6.22. The Labute approximate surface area is 115 Å². The van der Waals surface area contributed by atoms with Gasteiger partial charge in [0, 0.05) is 5.92 Å². The van der Waals surface area contributed by atoms with Gasteiger partial charge in [0.05, 0.1) is 6.61 Å². The molecule has 4 heteroatoms. The summed E-state index contributed by atoms with van der Waals surface area (Å²) in [5.74, 6) is -0.507. The molecular weight excluding hydrogens is 299 g/mol. The zero-order chi connectivity index (χ0) is 13.1. The molecule has 1 aromatic carbocycles. The molecule has 0 saturated carbocycles. The van der Waals surface area contributed by atoms with E-state index < -0.39 is 4.83 Å². The summed E-state index contributed by atoms with van der Waals surface area (Å²) in [6.07, 6.45) is 2.85. The fourth-order valence-corrected chi connectivity index (χ4v) is 3.18. The van der Waals surface area contributed by atoms with Gasteiger partial charge in [-0.05, 0) is 49.4 Å². The number of carbonyl (C=O) groups is 1. The highest BCUT2D eigenvalue weighted by atomic mass is 79.9. The molecule has 0 N–H and O–H groups in total. The van der Waals surface area contributed by atoms with Crippen molar-refractivity contribution in [2.45, 2.75) is 36.9 Å². The number of halogens is 2. The Kier molecular flexibility index (Phi) is 4.38. The Bertz CT molecular complexity index is 447. The smallest absolute Gasteiger partial charge is 0.320 e. The van der Waals surface area contributed by atoms with E-state index in [1.54, 1.807) is 13.0 Å². The molecule has 0 saturated heterocycles. The van der Waals surface area contributed by atoms with Crippen molar-refractivity contribution in [2.75, 3.05) is 6.61 Å². The van der Waals surface area contributed by atoms with Gasteiger partial charge in [-0.2, -0.15) is 0 Å². The zero-order valence-electron chi connectivity index (χ0n) is 10.3. The van der Waals surface area contributed by atoms with Crippen LogP contribution in [0.15, 0.2) is 18.2 Å². The first-order chi connectivity index (χ1) is 8.63. The third-order valence-electron chi connectivity index (χ3n) is 3.33. The summed E-state index contributed by atoms with van der Waals surface area (Å²) in [5.41, 5.74) is 2.08. The van der Waals surface area contributed by atoms with Crippen LogP contribution in [0.5, 0.6) is 0 Å². The third kappa shape index (κ3) is 2.74. The molecule has 2 nitrogen and oxygen atoms in total. The van der Waals surface area contributed by atoms with Crippen molar-refractivity contribution >= 4 is 21.9 Å². The van der Waals surface area contributed by atoms with Gasteiger partial charge in [0.1, 0.15) is 10.6 Å². The Morgan fingerprint density at radius 3 is 3.11 bits per heavy atom. The maximum atomic E-state index is 13.3. The van der Waals surface area contributed by atoms with Crippen molar-refractivity contribution in [3.63, 3.8) is 0 Å². The SMILES string of the molecule is CCOC(=O)C(Br)C1CCCc2ccc(F)cc21. The average molecular weight is 315 g/mol. The van der Waals surface area contributed by atoms with Crippen LogP contribution >= 0.6 is 15.9 Å². The molecule has 98 valence electrons. The second-order valence-corrected chi connectivity index (χ2v) is 5.48. The van der Waals surface area contributed by atoms with Gasteiger partial charge in [-0.1, -0.05) is 22.0 Å². The van der Waals surface area contributed by atoms with E-state index in [0.717, 1.165) is 30.4 Å². The molecule has 1 aromatic rings. The monoisotopic (exact) mass is 314 g/mol. The Morgan fingerprint density at radius 2 is 2.39 bits per heavy atom. The van der Waals surface area contributed by atoms with E-state index in [2.05, 4.69) is 15.9 Å². The van der Waals surface area contributed by atoms with E-state index >= 15 is 0 Å². The number of hydrogen-bond acceptors (Lipinski definition) is 2. The van der Waals surface area contributed by atoms with Gasteiger partial charge in [0.25, 0.3) is 0 Å². The van der Waals surface area contributed by atoms with Crippen LogP contribution in [0, 0.1) is 5.82 Å². The van der Waals surface area contributed by atoms with Crippen molar-refractivity contribution < 1.29 is 13.9 Å². The molecule has 1 aliphatic carbocycles. The van der Waals surface area contributed by atoms with Crippen LogP contribution in [-0.4, -0.2) is 17.4 Å². The molecule has 0 heterocycles. The van der Waals surface area contributed by atoms with Gasteiger partial charge >= 0.3 is 5.97 Å². The maximum Gasteiger partial charge on any atom is 0.320 e. The molecule has 2 unspecified atom stereocenters. The molecule has 2 rings (SSSR count). The summed E-state index contributed by atoms with van der Waals surface area (Å²) in [5, 5.41) is 0. The largest absolute Gasteiger partial charge is 0.465 e. The summed E-state index contributed by atoms with van der Waals surface area (Å²) < 4.78 is 18.4. The highest BCUT2D eigenvalue weighted by molar-refractivity contribution is 9.10. The lowest BCUT2D eigenvalue weighted by Gasteiger charge is -2.28. The number of ether oxygens (including phenoxy) is 1. The lowest BCUT2D eigenvalue weighted by atomic mass is 9.81. The number of alkyl halides is 1. The van der Waals surface area contributed by atoms with Crippen molar-refractivity contribution in [2.24, 2.45) is 0 Å². The minimum absolute atomic E-state index is 0.00324. The van der Waals surface area contributed by atoms with E-state index in [1.807, 2.05) is 6.07 Å². The second kappa shape index (κ2) is 5.83. The number of fused-ring (bicyclic) bond motifs is 1. The normalized spacial score (nSPS) is 20.1. The predicted octanol–water partition coefficient (Wildman–Crippen LogP) is 3.57. The van der Waals surface area contributed by atoms with Crippen LogP contribution in [0.1, 0.15) is 36.8 Å². The Morgan fingerprint density at radius 1 is 1.61 bits per heavy atom. The van der Waals surface area contributed by atoms with Crippen LogP contribution in [0.2, 0.25) is 0 Å². The summed E-state index contributed by atoms with van der Waals surface area (Å²) in [6, 6.07) is 4.85. The van der Waals surface area contributed by atoms with Crippen molar-refractivity contribution in [3.8, 4) is 0 Å². The van der Waals surface area contributed by atoms with Crippen LogP contribution < -0.4 is 0 Å². The van der Waals surface area contributed by atoms with Crippen molar-refractivity contribution in [1.29, 1.82) is 0 Å². The molecule has 1 aliphatic rings. The molecule has 0 aliphatic heterocycles. The molecule has 0 radical (unpaired) electrons. The summed E-state index contributed by atoms with van der Waals surface area (Å²) in [7, 11) is 0. The molecular formula is C14H16BrFO2. The first kappa shape index (κ1) is 13.5. The summed E-state index contributed by atoms with van der Waals surface area (Å²) in [6.45, 7) is 2.15. The first-order valence-corrected chi connectivity index (χ1v) is 7.14. The van der Waals surface area contributed by atoms with Gasteiger partial charge in [0.2, 0.25) is 0 Å². The third-order valence-corrected chi connectivity index (χ3v) is 4.35. The van der Waals surface area contributed by atoms with Crippen LogP contribution in [0.3, 0.4) is 0 Å². The van der Waals surface area contributed by atoms with E-state index in [4.69, 9.17) is 4.74 Å². The average Bonchev–Trinajstić information content (AvgIpc) is 2.37. The van der Waals surface area contributed by atoms with E-state index in [0.29, 0.717) is 6.61 Å². The lowest BCUT2D eigenvalue weighted by molar-refractivity contribution is -0.142. The van der Waals surface area contributed by atoms with Crippen molar-refractivity contribution in [3.05, 3.63) is 35.1 Å². The van der Waals surface area contributed by atoms with Crippen LogP contribution in [-0.2, 0) is 16.0 Å². The molecule has 0 fully saturated rings. The van der Waals surface area contributed by atoms with Gasteiger partial charge in [-0.15, -0.1) is 0 Å². The number of hydrogen-bond donors (Lipinski definition) is 0. The van der Waals surface area contributed by atoms with Gasteiger partial charge < -0.3 is 4.74 Å². The lowest BCUT2D eigenvalue weighted by Crippen LogP contribution is -2.27. The standard InChI is InChI=1S/C14H16BrFO2/c1-2-18-14(17)13(15)11-5-3-4-9-6-7-10(16)8-12(9)11/h6-8,11,13H,2-5H2,1H3. The van der Waals surface area contributed by atoms with E-state index in [1.165, 1.54) is 6.07 Å². The quantitative estimate of drug-likeness (QED) is 0.629. The number of esters is 1. The molecule has 0 bridgehead atoms. The highest BCUT2D eigenvalue weighted by Crippen LogP contribution is 2.37. The molecule has 0 spiro atoms. The van der Waals surface area contributed by atoms with Crippen LogP contribution in [0.25, 0.3) is 0 Å². The topological polar surface area (TPSA) is 26.3 Å². The number of rotatable bonds is 3. The second-order valence-electron chi connectivity index (χ2n) is 4.50. The zero-order valence-corrected chi connectivity index (χ0v) is 11.9. The Balaban J connectivity index is 2.26. The van der Waals surface area contributed by atoms with Gasteiger partial charge in [-0.3, -0.25) is 4.79 Å². The maximum absolute atomic E-state index is 13.3. The number of aryl methyl sites for hydroxylation is 1. The molecule has 0 aromatic heterocycles. The minimum atomic E-state index is -0.390. The highest BCUT2D eigenvalue weighted by Gasteiger charge is 2.32. The summed E-state index contributed by atoms with van der Waals surface area (Å²) in [4.78, 5) is 11.4. The van der Waals surface area contributed by atoms with E-state index in [-0.39, 0.29) is 17.7 Å². The molecule has 2 atom stereocenters. The van der Waals surface area contributed by atoms with Crippen molar-refractivity contribution in [1.82, 2.24) is 0 Å².